The maximum absolute atomic E-state index is 13.7. The zero-order valence-electron chi connectivity index (χ0n) is 21.9. The molecule has 1 amide bonds. The first-order chi connectivity index (χ1) is 19.5. The Morgan fingerprint density at radius 1 is 0.850 bits per heavy atom. The maximum atomic E-state index is 13.7. The van der Waals surface area contributed by atoms with Crippen LogP contribution in [-0.2, 0) is 6.54 Å². The lowest BCUT2D eigenvalue weighted by molar-refractivity contribution is 0.0696. The van der Waals surface area contributed by atoms with Gasteiger partial charge in [0.15, 0.2) is 0 Å². The molecule has 0 radical (unpaired) electrons. The molecule has 40 heavy (non-hydrogen) atoms. The van der Waals surface area contributed by atoms with Crippen LogP contribution in [-0.4, -0.2) is 26.5 Å². The Kier molecular flexibility index (Phi) is 6.58. The van der Waals surface area contributed by atoms with Gasteiger partial charge in [-0.15, -0.1) is 0 Å². The molecule has 0 saturated carbocycles. The largest absolute Gasteiger partial charge is 0.478 e. The monoisotopic (exact) mass is 525 g/mol. The minimum atomic E-state index is -0.979. The number of carboxylic acid groups (broad SMARTS) is 1. The first kappa shape index (κ1) is 25.1. The van der Waals surface area contributed by atoms with Gasteiger partial charge in [0.05, 0.1) is 28.2 Å². The number of rotatable bonds is 7. The molecule has 0 fully saturated rings. The van der Waals surface area contributed by atoms with Crippen molar-refractivity contribution in [2.45, 2.75) is 19.5 Å². The number of nitrogens with zero attached hydrogens (tertiary/aromatic N) is 2. The van der Waals surface area contributed by atoms with E-state index in [1.54, 1.807) is 30.5 Å². The molecular formula is C34H27N3O3. The fourth-order valence-electron chi connectivity index (χ4n) is 5.15. The lowest BCUT2D eigenvalue weighted by Crippen LogP contribution is -2.24. The second-order valence-electron chi connectivity index (χ2n) is 9.87. The molecule has 6 nitrogen and oxygen atoms in total. The van der Waals surface area contributed by atoms with E-state index in [2.05, 4.69) is 52.1 Å². The molecule has 0 bridgehead atoms. The van der Waals surface area contributed by atoms with Crippen LogP contribution in [0.15, 0.2) is 116 Å². The molecule has 6 heteroatoms. The molecule has 2 N–H and O–H groups in total. The van der Waals surface area contributed by atoms with Crippen molar-refractivity contribution in [3.63, 3.8) is 0 Å². The summed E-state index contributed by atoms with van der Waals surface area (Å²) < 4.78 is 2.14. The van der Waals surface area contributed by atoms with Crippen molar-refractivity contribution in [1.82, 2.24) is 14.9 Å². The zero-order chi connectivity index (χ0) is 27.6. The number of aromatic carboxylic acids is 1. The van der Waals surface area contributed by atoms with E-state index < -0.39 is 5.97 Å². The molecule has 0 aliphatic carbocycles. The Bertz CT molecular complexity index is 1860. The standard InChI is InChI=1S/C34H27N3O3/c1-22(27-14-13-25-8-5-16-35-31(25)20-27)37-17-15-28-18-29(24-6-3-2-4-7-24)19-30(32(28)37)33(38)36-21-23-9-11-26(12-10-23)34(39)40/h2-20,22H,21H2,1H3,(H,36,38)(H,39,40)/t22-/m1/s1. The van der Waals surface area contributed by atoms with Crippen LogP contribution in [0.25, 0.3) is 32.9 Å². The lowest BCUT2D eigenvalue weighted by Gasteiger charge is -2.19. The smallest absolute Gasteiger partial charge is 0.335 e. The van der Waals surface area contributed by atoms with Crippen molar-refractivity contribution in [2.24, 2.45) is 0 Å². The van der Waals surface area contributed by atoms with E-state index in [9.17, 15) is 14.7 Å². The number of benzene rings is 4. The van der Waals surface area contributed by atoms with Crippen LogP contribution in [0.5, 0.6) is 0 Å². The van der Waals surface area contributed by atoms with Gasteiger partial charge in [0.1, 0.15) is 0 Å². The molecule has 6 aromatic rings. The number of aromatic nitrogens is 2. The molecule has 4 aromatic carbocycles. The van der Waals surface area contributed by atoms with Crippen LogP contribution in [0.1, 0.15) is 44.8 Å². The summed E-state index contributed by atoms with van der Waals surface area (Å²) in [5.41, 5.74) is 6.49. The van der Waals surface area contributed by atoms with Crippen molar-refractivity contribution in [1.29, 1.82) is 0 Å². The van der Waals surface area contributed by atoms with Gasteiger partial charge in [-0.3, -0.25) is 9.78 Å². The van der Waals surface area contributed by atoms with Crippen molar-refractivity contribution in [3.8, 4) is 11.1 Å². The van der Waals surface area contributed by atoms with Gasteiger partial charge in [0.25, 0.3) is 5.91 Å². The maximum Gasteiger partial charge on any atom is 0.335 e. The second-order valence-corrected chi connectivity index (χ2v) is 9.87. The topological polar surface area (TPSA) is 84.2 Å². The third kappa shape index (κ3) is 4.83. The van der Waals surface area contributed by atoms with Crippen LogP contribution in [0.2, 0.25) is 0 Å². The summed E-state index contributed by atoms with van der Waals surface area (Å²) in [5, 5.41) is 14.3. The molecule has 2 heterocycles. The van der Waals surface area contributed by atoms with Gasteiger partial charge in [-0.1, -0.05) is 60.7 Å². The number of carbonyl (C=O) groups excluding carboxylic acids is 1. The van der Waals surface area contributed by atoms with E-state index in [0.717, 1.165) is 44.1 Å². The highest BCUT2D eigenvalue weighted by Crippen LogP contribution is 2.33. The van der Waals surface area contributed by atoms with Crippen molar-refractivity contribution in [2.75, 3.05) is 0 Å². The van der Waals surface area contributed by atoms with Crippen LogP contribution < -0.4 is 5.32 Å². The number of carbonyl (C=O) groups is 2. The summed E-state index contributed by atoms with van der Waals surface area (Å²) >= 11 is 0. The SMILES string of the molecule is C[C@H](c1ccc2cccnc2c1)n1ccc2cc(-c3ccccc3)cc(C(=O)NCc3ccc(C(=O)O)cc3)c21. The predicted octanol–water partition coefficient (Wildman–Crippen LogP) is 7.09. The van der Waals surface area contributed by atoms with Crippen molar-refractivity contribution < 1.29 is 14.7 Å². The summed E-state index contributed by atoms with van der Waals surface area (Å²) in [5.74, 6) is -1.18. The number of pyridine rings is 1. The van der Waals surface area contributed by atoms with Crippen LogP contribution >= 0.6 is 0 Å². The van der Waals surface area contributed by atoms with Gasteiger partial charge in [-0.25, -0.2) is 4.79 Å². The van der Waals surface area contributed by atoms with Crippen LogP contribution in [0.3, 0.4) is 0 Å². The van der Waals surface area contributed by atoms with Gasteiger partial charge >= 0.3 is 5.97 Å². The molecule has 0 spiro atoms. The number of fused-ring (bicyclic) bond motifs is 2. The second kappa shape index (κ2) is 10.5. The molecule has 0 aliphatic rings. The molecule has 2 aromatic heterocycles. The zero-order valence-corrected chi connectivity index (χ0v) is 21.9. The highest BCUT2D eigenvalue weighted by Gasteiger charge is 2.20. The predicted molar refractivity (Wildman–Crippen MR) is 158 cm³/mol. The van der Waals surface area contributed by atoms with Crippen LogP contribution in [0.4, 0.5) is 0 Å². The fraction of sp³-hybridized carbons (Fsp3) is 0.0882. The fourth-order valence-corrected chi connectivity index (χ4v) is 5.15. The summed E-state index contributed by atoms with van der Waals surface area (Å²) in [6.07, 6.45) is 3.83. The van der Waals surface area contributed by atoms with Gasteiger partial charge < -0.3 is 15.0 Å². The Morgan fingerprint density at radius 3 is 2.42 bits per heavy atom. The number of carboxylic acids is 1. The molecular weight excluding hydrogens is 498 g/mol. The minimum Gasteiger partial charge on any atom is -0.478 e. The Balaban J connectivity index is 1.40. The number of nitrogens with one attached hydrogen (secondary N) is 1. The molecule has 0 aliphatic heterocycles. The van der Waals surface area contributed by atoms with E-state index in [1.807, 2.05) is 54.7 Å². The summed E-state index contributed by atoms with van der Waals surface area (Å²) in [6, 6.07) is 32.9. The number of amides is 1. The number of hydrogen-bond donors (Lipinski definition) is 2. The van der Waals surface area contributed by atoms with Gasteiger partial charge in [-0.05, 0) is 71.6 Å². The van der Waals surface area contributed by atoms with E-state index in [0.29, 0.717) is 5.56 Å². The van der Waals surface area contributed by atoms with E-state index in [1.165, 1.54) is 0 Å². The van der Waals surface area contributed by atoms with E-state index >= 15 is 0 Å². The highest BCUT2D eigenvalue weighted by atomic mass is 16.4. The molecule has 0 unspecified atom stereocenters. The van der Waals surface area contributed by atoms with Crippen LogP contribution in [0, 0.1) is 0 Å². The van der Waals surface area contributed by atoms with E-state index in [-0.39, 0.29) is 24.1 Å². The minimum absolute atomic E-state index is 0.0402. The lowest BCUT2D eigenvalue weighted by atomic mass is 9.99. The molecule has 196 valence electrons. The molecule has 0 saturated heterocycles. The Labute approximate surface area is 231 Å². The highest BCUT2D eigenvalue weighted by molar-refractivity contribution is 6.08. The van der Waals surface area contributed by atoms with Gasteiger partial charge in [0, 0.05) is 29.7 Å². The average Bonchev–Trinajstić information content (AvgIpc) is 3.43. The summed E-state index contributed by atoms with van der Waals surface area (Å²) in [6.45, 7) is 2.41. The summed E-state index contributed by atoms with van der Waals surface area (Å²) in [7, 11) is 0. The van der Waals surface area contributed by atoms with Gasteiger partial charge in [-0.2, -0.15) is 0 Å². The van der Waals surface area contributed by atoms with Crippen molar-refractivity contribution >= 4 is 33.7 Å². The number of hydrogen-bond acceptors (Lipinski definition) is 3. The third-order valence-electron chi connectivity index (χ3n) is 7.35. The summed E-state index contributed by atoms with van der Waals surface area (Å²) in [4.78, 5) is 29.5. The first-order valence-corrected chi connectivity index (χ1v) is 13.1. The Morgan fingerprint density at radius 2 is 1.65 bits per heavy atom. The van der Waals surface area contributed by atoms with E-state index in [4.69, 9.17) is 0 Å². The molecule has 6 rings (SSSR count). The van der Waals surface area contributed by atoms with Gasteiger partial charge in [0.2, 0.25) is 0 Å². The normalized spacial score (nSPS) is 11.9. The molecule has 1 atom stereocenters. The average molecular weight is 526 g/mol. The third-order valence-corrected chi connectivity index (χ3v) is 7.35. The quantitative estimate of drug-likeness (QED) is 0.233. The Hall–Kier alpha value is -5.23. The first-order valence-electron chi connectivity index (χ1n) is 13.1. The van der Waals surface area contributed by atoms with Crippen molar-refractivity contribution in [3.05, 3.63) is 138 Å².